The van der Waals surface area contributed by atoms with Gasteiger partial charge in [0.2, 0.25) is 0 Å². The van der Waals surface area contributed by atoms with Gasteiger partial charge < -0.3 is 15.2 Å². The van der Waals surface area contributed by atoms with Crippen molar-refractivity contribution >= 4 is 5.82 Å². The molecule has 1 aromatic rings. The minimum absolute atomic E-state index is 0.608. The Kier molecular flexibility index (Phi) is 4.28. The second-order valence-corrected chi connectivity index (χ2v) is 4.16. The Hall–Kier alpha value is -1.20. The Balaban J connectivity index is 1.87. The zero-order chi connectivity index (χ0) is 12.1. The average molecular weight is 237 g/mol. The van der Waals surface area contributed by atoms with E-state index in [1.165, 1.54) is 0 Å². The molecular formula is C12H19N3O2. The van der Waals surface area contributed by atoms with Crippen LogP contribution in [0.25, 0.3) is 0 Å². The quantitative estimate of drug-likeness (QED) is 0.739. The Labute approximate surface area is 101 Å². The third-order valence-corrected chi connectivity index (χ3v) is 2.91. The maximum absolute atomic E-state index is 5.91. The van der Waals surface area contributed by atoms with Crippen LogP contribution in [-0.2, 0) is 28.7 Å². The summed E-state index contributed by atoms with van der Waals surface area (Å²) < 4.78 is 10.3. The van der Waals surface area contributed by atoms with E-state index in [0.717, 1.165) is 36.3 Å². The second kappa shape index (κ2) is 5.93. The normalized spacial score (nSPS) is 13.9. The van der Waals surface area contributed by atoms with Gasteiger partial charge in [-0.05, 0) is 19.3 Å². The molecule has 0 unspecified atom stereocenters. The number of anilines is 1. The Bertz CT molecular complexity index is 382. The van der Waals surface area contributed by atoms with Crippen LogP contribution in [0.1, 0.15) is 23.5 Å². The molecule has 0 aromatic carbocycles. The Morgan fingerprint density at radius 1 is 1.18 bits per heavy atom. The maximum Gasteiger partial charge on any atom is 0.133 e. The number of aromatic nitrogens is 2. The van der Waals surface area contributed by atoms with Gasteiger partial charge in [-0.3, -0.25) is 0 Å². The number of rotatable bonds is 6. The van der Waals surface area contributed by atoms with Gasteiger partial charge in [0.05, 0.1) is 19.8 Å². The summed E-state index contributed by atoms with van der Waals surface area (Å²) in [6.07, 6.45) is 3.90. The standard InChI is InChI=1S/C12H19N3O2/c1-16-7-8-17-6-5-11-14-10-4-2-3-9(10)12(13)15-11/h2-8H2,1H3,(H2,13,14,15). The molecule has 0 saturated carbocycles. The molecule has 0 spiro atoms. The molecule has 0 saturated heterocycles. The first-order chi connectivity index (χ1) is 8.31. The van der Waals surface area contributed by atoms with E-state index in [1.807, 2.05) is 0 Å². The van der Waals surface area contributed by atoms with Crippen molar-refractivity contribution in [2.24, 2.45) is 0 Å². The minimum atomic E-state index is 0.608. The van der Waals surface area contributed by atoms with Crippen molar-refractivity contribution in [1.82, 2.24) is 9.97 Å². The Morgan fingerprint density at radius 2 is 2.06 bits per heavy atom. The van der Waals surface area contributed by atoms with Crippen molar-refractivity contribution < 1.29 is 9.47 Å². The van der Waals surface area contributed by atoms with E-state index in [9.17, 15) is 0 Å². The van der Waals surface area contributed by atoms with Gasteiger partial charge in [-0.1, -0.05) is 0 Å². The van der Waals surface area contributed by atoms with Crippen molar-refractivity contribution in [3.05, 3.63) is 17.1 Å². The van der Waals surface area contributed by atoms with Crippen LogP contribution in [0, 0.1) is 0 Å². The second-order valence-electron chi connectivity index (χ2n) is 4.16. The van der Waals surface area contributed by atoms with Gasteiger partial charge in [0.15, 0.2) is 0 Å². The molecule has 0 aliphatic heterocycles. The van der Waals surface area contributed by atoms with Gasteiger partial charge >= 0.3 is 0 Å². The fraction of sp³-hybridized carbons (Fsp3) is 0.667. The van der Waals surface area contributed by atoms with Crippen LogP contribution < -0.4 is 5.73 Å². The molecule has 17 heavy (non-hydrogen) atoms. The minimum Gasteiger partial charge on any atom is -0.383 e. The molecule has 2 N–H and O–H groups in total. The maximum atomic E-state index is 5.91. The fourth-order valence-electron chi connectivity index (χ4n) is 2.03. The number of nitrogens with two attached hydrogens (primary N) is 1. The van der Waals surface area contributed by atoms with Gasteiger partial charge in [-0.15, -0.1) is 0 Å². The topological polar surface area (TPSA) is 70.3 Å². The van der Waals surface area contributed by atoms with Crippen LogP contribution >= 0.6 is 0 Å². The van der Waals surface area contributed by atoms with Crippen LogP contribution in [0.15, 0.2) is 0 Å². The molecule has 1 aliphatic rings. The summed E-state index contributed by atoms with van der Waals surface area (Å²) in [7, 11) is 1.66. The summed E-state index contributed by atoms with van der Waals surface area (Å²) in [6.45, 7) is 1.84. The molecule has 2 rings (SSSR count). The summed E-state index contributed by atoms with van der Waals surface area (Å²) in [6, 6.07) is 0. The number of nitrogen functional groups attached to an aromatic ring is 1. The summed E-state index contributed by atoms with van der Waals surface area (Å²) in [5.41, 5.74) is 8.19. The average Bonchev–Trinajstić information content (AvgIpc) is 2.77. The van der Waals surface area contributed by atoms with Crippen LogP contribution in [0.5, 0.6) is 0 Å². The van der Waals surface area contributed by atoms with Crippen LogP contribution in [-0.4, -0.2) is 36.9 Å². The molecule has 1 heterocycles. The van der Waals surface area contributed by atoms with E-state index in [1.54, 1.807) is 7.11 Å². The molecule has 1 aromatic heterocycles. The van der Waals surface area contributed by atoms with Gasteiger partial charge in [0, 0.05) is 24.8 Å². The molecule has 5 nitrogen and oxygen atoms in total. The van der Waals surface area contributed by atoms with E-state index in [4.69, 9.17) is 15.2 Å². The number of hydrogen-bond acceptors (Lipinski definition) is 5. The predicted molar refractivity (Wildman–Crippen MR) is 64.9 cm³/mol. The highest BCUT2D eigenvalue weighted by Crippen LogP contribution is 2.24. The van der Waals surface area contributed by atoms with Crippen molar-refractivity contribution in [2.45, 2.75) is 25.7 Å². The number of methoxy groups -OCH3 is 1. The van der Waals surface area contributed by atoms with Crippen molar-refractivity contribution in [3.63, 3.8) is 0 Å². The van der Waals surface area contributed by atoms with E-state index in [-0.39, 0.29) is 0 Å². The lowest BCUT2D eigenvalue weighted by atomic mass is 10.2. The Morgan fingerprint density at radius 3 is 2.88 bits per heavy atom. The molecular weight excluding hydrogens is 218 g/mol. The van der Waals surface area contributed by atoms with Gasteiger partial charge in [0.25, 0.3) is 0 Å². The zero-order valence-electron chi connectivity index (χ0n) is 10.2. The van der Waals surface area contributed by atoms with Crippen molar-refractivity contribution in [3.8, 4) is 0 Å². The summed E-state index contributed by atoms with van der Waals surface area (Å²) >= 11 is 0. The van der Waals surface area contributed by atoms with Gasteiger partial charge in [-0.25, -0.2) is 9.97 Å². The van der Waals surface area contributed by atoms with E-state index in [0.29, 0.717) is 32.1 Å². The van der Waals surface area contributed by atoms with Crippen LogP contribution in [0.2, 0.25) is 0 Å². The van der Waals surface area contributed by atoms with E-state index < -0.39 is 0 Å². The highest BCUT2D eigenvalue weighted by atomic mass is 16.5. The summed E-state index contributed by atoms with van der Waals surface area (Å²) in [4.78, 5) is 8.85. The first-order valence-electron chi connectivity index (χ1n) is 6.02. The van der Waals surface area contributed by atoms with Crippen molar-refractivity contribution in [2.75, 3.05) is 32.7 Å². The van der Waals surface area contributed by atoms with E-state index in [2.05, 4.69) is 9.97 Å². The predicted octanol–water partition coefficient (Wildman–Crippen LogP) is 0.753. The highest BCUT2D eigenvalue weighted by molar-refractivity contribution is 5.44. The third-order valence-electron chi connectivity index (χ3n) is 2.91. The molecule has 5 heteroatoms. The molecule has 0 fully saturated rings. The summed E-state index contributed by atoms with van der Waals surface area (Å²) in [5, 5.41) is 0. The number of hydrogen-bond donors (Lipinski definition) is 1. The zero-order valence-corrected chi connectivity index (χ0v) is 10.2. The highest BCUT2D eigenvalue weighted by Gasteiger charge is 2.17. The number of fused-ring (bicyclic) bond motifs is 1. The number of ether oxygens (including phenoxy) is 2. The van der Waals surface area contributed by atoms with Crippen molar-refractivity contribution in [1.29, 1.82) is 0 Å². The molecule has 94 valence electrons. The molecule has 0 atom stereocenters. The smallest absolute Gasteiger partial charge is 0.133 e. The fourth-order valence-corrected chi connectivity index (χ4v) is 2.03. The van der Waals surface area contributed by atoms with Gasteiger partial charge in [-0.2, -0.15) is 0 Å². The number of nitrogens with zero attached hydrogens (tertiary/aromatic N) is 2. The lowest BCUT2D eigenvalue weighted by Crippen LogP contribution is -2.10. The molecule has 1 aliphatic carbocycles. The third kappa shape index (κ3) is 3.14. The first kappa shape index (κ1) is 12.3. The largest absolute Gasteiger partial charge is 0.383 e. The number of aryl methyl sites for hydroxylation is 1. The molecule has 0 amide bonds. The molecule has 0 bridgehead atoms. The molecule has 0 radical (unpaired) electrons. The van der Waals surface area contributed by atoms with Crippen LogP contribution in [0.4, 0.5) is 5.82 Å². The SMILES string of the molecule is COCCOCCc1nc(N)c2c(n1)CCC2. The van der Waals surface area contributed by atoms with Gasteiger partial charge in [0.1, 0.15) is 11.6 Å². The lowest BCUT2D eigenvalue weighted by molar-refractivity contribution is 0.0716. The van der Waals surface area contributed by atoms with E-state index >= 15 is 0 Å². The first-order valence-corrected chi connectivity index (χ1v) is 6.02. The lowest BCUT2D eigenvalue weighted by Gasteiger charge is -2.07. The van der Waals surface area contributed by atoms with Crippen LogP contribution in [0.3, 0.4) is 0 Å². The summed E-state index contributed by atoms with van der Waals surface area (Å²) in [5.74, 6) is 1.44. The monoisotopic (exact) mass is 237 g/mol.